The number of nitrogens with zero attached hydrogens (tertiary/aromatic N) is 3. The highest BCUT2D eigenvalue weighted by molar-refractivity contribution is 6.05. The molecule has 0 saturated carbocycles. The van der Waals surface area contributed by atoms with Gasteiger partial charge in [0.05, 0.1) is 23.1 Å². The molecular formula is C28H19F3N4O4. The zero-order chi connectivity index (χ0) is 27.6. The molecule has 2 aromatic heterocycles. The van der Waals surface area contributed by atoms with E-state index in [-0.39, 0.29) is 34.8 Å². The molecule has 3 aromatic carbocycles. The predicted octanol–water partition coefficient (Wildman–Crippen LogP) is 5.94. The molecule has 0 radical (unpaired) electrons. The summed E-state index contributed by atoms with van der Waals surface area (Å²) in [4.78, 5) is 28.7. The number of hydrogen-bond donors (Lipinski definition) is 2. The normalized spacial score (nSPS) is 11.4. The number of aromatic nitrogens is 3. The molecule has 0 aliphatic rings. The third kappa shape index (κ3) is 5.42. The van der Waals surface area contributed by atoms with Gasteiger partial charge >= 0.3 is 12.1 Å². The molecule has 0 atom stereocenters. The molecule has 2 heterocycles. The number of carbonyl (C=O) groups excluding carboxylic acids is 1. The number of carboxylic acids is 1. The minimum atomic E-state index is -4.61. The Morgan fingerprint density at radius 3 is 2.51 bits per heavy atom. The lowest BCUT2D eigenvalue weighted by atomic mass is 10.1. The maximum atomic E-state index is 13.2. The van der Waals surface area contributed by atoms with Crippen molar-refractivity contribution in [2.45, 2.75) is 12.8 Å². The van der Waals surface area contributed by atoms with Crippen molar-refractivity contribution < 1.29 is 32.6 Å². The van der Waals surface area contributed by atoms with E-state index in [0.717, 1.165) is 23.8 Å². The molecule has 1 amide bonds. The van der Waals surface area contributed by atoms with Gasteiger partial charge in [-0.05, 0) is 48.0 Å². The summed E-state index contributed by atoms with van der Waals surface area (Å²) in [5.74, 6) is -1.68. The van der Waals surface area contributed by atoms with Gasteiger partial charge in [0, 0.05) is 17.3 Å². The van der Waals surface area contributed by atoms with Gasteiger partial charge in [-0.25, -0.2) is 14.3 Å². The van der Waals surface area contributed by atoms with Gasteiger partial charge in [-0.2, -0.15) is 18.3 Å². The van der Waals surface area contributed by atoms with Crippen LogP contribution >= 0.6 is 0 Å². The first-order valence-electron chi connectivity index (χ1n) is 11.6. The van der Waals surface area contributed by atoms with E-state index in [2.05, 4.69) is 15.4 Å². The molecule has 39 heavy (non-hydrogen) atoms. The second-order valence-corrected chi connectivity index (χ2v) is 8.45. The lowest BCUT2D eigenvalue weighted by Gasteiger charge is -2.15. The monoisotopic (exact) mass is 532 g/mol. The highest BCUT2D eigenvalue weighted by atomic mass is 19.4. The summed E-state index contributed by atoms with van der Waals surface area (Å²) in [5.41, 5.74) is 0.958. The first-order valence-corrected chi connectivity index (χ1v) is 11.6. The Morgan fingerprint density at radius 1 is 0.974 bits per heavy atom. The molecule has 5 aromatic rings. The van der Waals surface area contributed by atoms with E-state index in [4.69, 9.17) is 4.74 Å². The molecule has 0 fully saturated rings. The number of carboxylic acid groups (broad SMARTS) is 1. The van der Waals surface area contributed by atoms with Crippen LogP contribution in [-0.4, -0.2) is 31.6 Å². The van der Waals surface area contributed by atoms with Crippen LogP contribution in [0.2, 0.25) is 0 Å². The number of anilines is 1. The van der Waals surface area contributed by atoms with Gasteiger partial charge in [0.2, 0.25) is 0 Å². The number of nitrogens with one attached hydrogen (secondary N) is 1. The van der Waals surface area contributed by atoms with Gasteiger partial charge in [0.15, 0.2) is 5.65 Å². The number of aromatic carboxylic acids is 1. The number of hydrogen-bond acceptors (Lipinski definition) is 5. The molecule has 5 rings (SSSR count). The Balaban J connectivity index is 1.53. The lowest BCUT2D eigenvalue weighted by molar-refractivity contribution is -0.137. The topological polar surface area (TPSA) is 106 Å². The summed E-state index contributed by atoms with van der Waals surface area (Å²) in [6.07, 6.45) is -1.99. The predicted molar refractivity (Wildman–Crippen MR) is 136 cm³/mol. The van der Waals surface area contributed by atoms with Crippen LogP contribution in [0.3, 0.4) is 0 Å². The van der Waals surface area contributed by atoms with Gasteiger partial charge in [-0.1, -0.05) is 36.4 Å². The molecule has 2 N–H and O–H groups in total. The maximum Gasteiger partial charge on any atom is 0.416 e. The number of halogens is 3. The van der Waals surface area contributed by atoms with Crippen molar-refractivity contribution in [2.75, 3.05) is 5.32 Å². The van der Waals surface area contributed by atoms with Crippen molar-refractivity contribution in [1.82, 2.24) is 14.6 Å². The number of ether oxygens (including phenoxy) is 1. The summed E-state index contributed by atoms with van der Waals surface area (Å²) < 4.78 is 46.9. The molecule has 8 nitrogen and oxygen atoms in total. The number of carbonyl (C=O) groups is 2. The van der Waals surface area contributed by atoms with Crippen molar-refractivity contribution in [2.24, 2.45) is 0 Å². The fraction of sp³-hybridized carbons (Fsp3) is 0.0714. The molecule has 0 saturated heterocycles. The molecular weight excluding hydrogens is 513 g/mol. The van der Waals surface area contributed by atoms with E-state index < -0.39 is 23.6 Å². The van der Waals surface area contributed by atoms with Crippen molar-refractivity contribution in [1.29, 1.82) is 0 Å². The number of amides is 1. The Morgan fingerprint density at radius 2 is 1.77 bits per heavy atom. The highest BCUT2D eigenvalue weighted by Gasteiger charge is 2.31. The second-order valence-electron chi connectivity index (χ2n) is 8.45. The zero-order valence-corrected chi connectivity index (χ0v) is 20.0. The van der Waals surface area contributed by atoms with E-state index in [1.165, 1.54) is 23.0 Å². The Hall–Kier alpha value is -5.19. The minimum absolute atomic E-state index is 0.0854. The zero-order valence-electron chi connectivity index (χ0n) is 20.0. The molecule has 11 heteroatoms. The Bertz CT molecular complexity index is 1680. The molecule has 0 aliphatic carbocycles. The standard InChI is InChI=1S/C28H19F3N4O4/c29-28(30,31)20-8-4-7-19(13-20)26(36)34-22-14-18(9-10-24(22)39-16-17-5-2-1-3-6-17)23-11-12-32-25-21(27(37)38)15-33-35(23)25/h1-15H,16H2,(H,34,36)(H,37,38). The van der Waals surface area contributed by atoms with Gasteiger partial charge in [-0.3, -0.25) is 4.79 Å². The molecule has 0 aliphatic heterocycles. The average Bonchev–Trinajstić information content (AvgIpc) is 3.37. The number of alkyl halides is 3. The number of rotatable bonds is 7. The van der Waals surface area contributed by atoms with E-state index in [1.54, 1.807) is 24.3 Å². The van der Waals surface area contributed by atoms with Crippen molar-refractivity contribution >= 4 is 23.2 Å². The first-order chi connectivity index (χ1) is 18.7. The summed E-state index contributed by atoms with van der Waals surface area (Å²) in [7, 11) is 0. The fourth-order valence-corrected chi connectivity index (χ4v) is 3.94. The average molecular weight is 532 g/mol. The van der Waals surface area contributed by atoms with E-state index in [9.17, 15) is 27.9 Å². The molecule has 0 bridgehead atoms. The molecule has 0 spiro atoms. The largest absolute Gasteiger partial charge is 0.487 e. The third-order valence-corrected chi connectivity index (χ3v) is 5.84. The van der Waals surface area contributed by atoms with E-state index in [0.29, 0.717) is 11.3 Å². The summed E-state index contributed by atoms with van der Waals surface area (Å²) in [5, 5.41) is 16.2. The van der Waals surface area contributed by atoms with Crippen LogP contribution < -0.4 is 10.1 Å². The quantitative estimate of drug-likeness (QED) is 0.269. The lowest BCUT2D eigenvalue weighted by Crippen LogP contribution is -2.15. The van der Waals surface area contributed by atoms with Crippen LogP contribution in [0.5, 0.6) is 5.75 Å². The van der Waals surface area contributed by atoms with E-state index in [1.807, 2.05) is 30.3 Å². The fourth-order valence-electron chi connectivity index (χ4n) is 3.94. The second kappa shape index (κ2) is 10.3. The summed E-state index contributed by atoms with van der Waals surface area (Å²) in [6.45, 7) is 0.174. The smallest absolute Gasteiger partial charge is 0.416 e. The van der Waals surface area contributed by atoms with Gasteiger partial charge in [0.1, 0.15) is 17.9 Å². The maximum absolute atomic E-state index is 13.2. The van der Waals surface area contributed by atoms with Crippen LogP contribution in [-0.2, 0) is 12.8 Å². The minimum Gasteiger partial charge on any atom is -0.487 e. The molecule has 0 unspecified atom stereocenters. The Labute approximate surface area is 219 Å². The molecule has 196 valence electrons. The summed E-state index contributed by atoms with van der Waals surface area (Å²) in [6, 6.07) is 19.9. The SMILES string of the molecule is O=C(Nc1cc(-c2ccnc3c(C(=O)O)cnn23)ccc1OCc1ccccc1)c1cccc(C(F)(F)F)c1. The van der Waals surface area contributed by atoms with E-state index >= 15 is 0 Å². The van der Waals surface area contributed by atoms with Gasteiger partial charge in [-0.15, -0.1) is 0 Å². The van der Waals surface area contributed by atoms with Crippen LogP contribution in [0, 0.1) is 0 Å². The summed E-state index contributed by atoms with van der Waals surface area (Å²) >= 11 is 0. The van der Waals surface area contributed by atoms with Crippen LogP contribution in [0.15, 0.2) is 91.3 Å². The van der Waals surface area contributed by atoms with Crippen molar-refractivity contribution in [3.8, 4) is 17.0 Å². The number of benzene rings is 3. The van der Waals surface area contributed by atoms with Crippen molar-refractivity contribution in [3.63, 3.8) is 0 Å². The highest BCUT2D eigenvalue weighted by Crippen LogP contribution is 2.33. The van der Waals surface area contributed by atoms with Gasteiger partial charge < -0.3 is 15.2 Å². The third-order valence-electron chi connectivity index (χ3n) is 5.84. The van der Waals surface area contributed by atoms with Crippen LogP contribution in [0.1, 0.15) is 31.8 Å². The Kier molecular flexibility index (Phi) is 6.72. The van der Waals surface area contributed by atoms with Crippen LogP contribution in [0.4, 0.5) is 18.9 Å². The number of fused-ring (bicyclic) bond motifs is 1. The van der Waals surface area contributed by atoms with Crippen molar-refractivity contribution in [3.05, 3.63) is 114 Å². The first kappa shape index (κ1) is 25.5. The van der Waals surface area contributed by atoms with Crippen LogP contribution in [0.25, 0.3) is 16.9 Å². The van der Waals surface area contributed by atoms with Gasteiger partial charge in [0.25, 0.3) is 5.91 Å².